The number of aromatic hydroxyl groups is 2. The van der Waals surface area contributed by atoms with Crippen molar-refractivity contribution in [3.05, 3.63) is 112 Å². The number of fused-ring (bicyclic) bond motifs is 2. The molecule has 0 aromatic heterocycles. The molecule has 0 atom stereocenters. The van der Waals surface area contributed by atoms with Crippen molar-refractivity contribution >= 4 is 34.4 Å². The monoisotopic (exact) mass is 1090 g/mol. The summed E-state index contributed by atoms with van der Waals surface area (Å²) in [5, 5.41) is 37.1. The minimum atomic E-state index is -2.41. The maximum atomic E-state index is 13.9. The number of carbonyl (C=O) groups excluding carboxylic acids is 2. The summed E-state index contributed by atoms with van der Waals surface area (Å²) < 4.78 is 127. The molecule has 5 aromatic rings. The molecule has 5 aromatic carbocycles. The minimum Gasteiger partial charge on any atom is -0.504 e. The number of oxime groups is 2. The van der Waals surface area contributed by atoms with Crippen LogP contribution in [0.15, 0.2) is 71.0 Å². The highest BCUT2D eigenvalue weighted by Crippen LogP contribution is 2.52. The first-order valence-electron chi connectivity index (χ1n) is 21.7. The SMILES string of the molecule is C.COc1ccc(C2=CC(=NOCC(=O)NO)COc3c2cc(OC)c(OC)c3OC)cc1O.COc1ccc(C2=CC(=NOCC(=O)Oc3c(F)c(F)c(F)c(F)c3F)COc3c2cc(OC)c(OC)c3OC)cc1O. The molecule has 1 amide bonds. The van der Waals surface area contributed by atoms with Gasteiger partial charge >= 0.3 is 5.97 Å². The van der Waals surface area contributed by atoms with Gasteiger partial charge in [-0.05, 0) is 70.8 Å². The van der Waals surface area contributed by atoms with Gasteiger partial charge in [-0.15, -0.1) is 0 Å². The molecule has 0 radical (unpaired) electrons. The van der Waals surface area contributed by atoms with Crippen molar-refractivity contribution < 1.29 is 109 Å². The van der Waals surface area contributed by atoms with E-state index in [-0.39, 0.29) is 66.6 Å². The smallest absolute Gasteiger partial charge is 0.352 e. The van der Waals surface area contributed by atoms with Gasteiger partial charge in [0.25, 0.3) is 5.91 Å². The van der Waals surface area contributed by atoms with Gasteiger partial charge < -0.3 is 72.0 Å². The van der Waals surface area contributed by atoms with E-state index in [1.807, 2.05) is 0 Å². The molecule has 26 heteroatoms. The zero-order valence-corrected chi connectivity index (χ0v) is 41.4. The summed E-state index contributed by atoms with van der Waals surface area (Å²) in [6.45, 7) is -1.90. The Kier molecular flexibility index (Phi) is 20.0. The fourth-order valence-corrected chi connectivity index (χ4v) is 7.30. The number of hydroxylamine groups is 1. The van der Waals surface area contributed by atoms with Gasteiger partial charge in [0.1, 0.15) is 24.6 Å². The first-order valence-corrected chi connectivity index (χ1v) is 21.7. The molecule has 0 saturated heterocycles. The quantitative estimate of drug-likeness (QED) is 0.0132. The topological polar surface area (TPSA) is 252 Å². The molecule has 0 spiro atoms. The molecule has 77 heavy (non-hydrogen) atoms. The lowest BCUT2D eigenvalue weighted by atomic mass is 9.95. The van der Waals surface area contributed by atoms with Crippen LogP contribution in [0.5, 0.6) is 74.7 Å². The number of esters is 1. The van der Waals surface area contributed by atoms with Crippen LogP contribution in [0, 0.1) is 29.1 Å². The Morgan fingerprint density at radius 2 is 0.922 bits per heavy atom. The van der Waals surface area contributed by atoms with Crippen LogP contribution in [0.25, 0.3) is 11.1 Å². The lowest BCUT2D eigenvalue weighted by Crippen LogP contribution is -2.23. The number of nitrogens with zero attached hydrogens (tertiary/aromatic N) is 2. The van der Waals surface area contributed by atoms with Crippen molar-refractivity contribution in [1.82, 2.24) is 5.48 Å². The number of ether oxygens (including phenoxy) is 11. The third-order valence-electron chi connectivity index (χ3n) is 10.7. The summed E-state index contributed by atoms with van der Waals surface area (Å²) in [5.74, 6) is -13.2. The zero-order chi connectivity index (χ0) is 55.4. The molecule has 2 aliphatic rings. The second kappa shape index (κ2) is 26.2. The summed E-state index contributed by atoms with van der Waals surface area (Å²) >= 11 is 0. The summed E-state index contributed by atoms with van der Waals surface area (Å²) in [6, 6.07) is 12.7. The normalized spacial score (nSPS) is 13.3. The van der Waals surface area contributed by atoms with Crippen molar-refractivity contribution in [3.63, 3.8) is 0 Å². The number of nitrogens with one attached hydrogen (secondary N) is 1. The summed E-state index contributed by atoms with van der Waals surface area (Å²) in [7, 11) is 11.5. The number of rotatable bonds is 17. The Hall–Kier alpha value is -9.33. The number of methoxy groups -OCH3 is 8. The minimum absolute atomic E-state index is 0. The summed E-state index contributed by atoms with van der Waals surface area (Å²) in [6.07, 6.45) is 3.16. The van der Waals surface area contributed by atoms with E-state index in [2.05, 4.69) is 15.0 Å². The molecule has 2 aliphatic heterocycles. The highest BCUT2D eigenvalue weighted by molar-refractivity contribution is 6.08. The van der Waals surface area contributed by atoms with E-state index < -0.39 is 59.9 Å². The van der Waals surface area contributed by atoms with Gasteiger partial charge in [-0.3, -0.25) is 10.0 Å². The Morgan fingerprint density at radius 1 is 0.532 bits per heavy atom. The first-order chi connectivity index (χ1) is 36.5. The number of benzene rings is 5. The molecule has 412 valence electrons. The van der Waals surface area contributed by atoms with Crippen LogP contribution >= 0.6 is 0 Å². The van der Waals surface area contributed by atoms with E-state index in [0.717, 1.165) is 0 Å². The lowest BCUT2D eigenvalue weighted by molar-refractivity contribution is -0.140. The molecule has 0 unspecified atom stereocenters. The van der Waals surface area contributed by atoms with Gasteiger partial charge in [0.15, 0.2) is 52.6 Å². The van der Waals surface area contributed by atoms with Gasteiger partial charge in [-0.1, -0.05) is 29.9 Å². The molecule has 0 bridgehead atoms. The number of hydrogen-bond acceptors (Lipinski definition) is 20. The number of halogens is 5. The van der Waals surface area contributed by atoms with E-state index in [0.29, 0.717) is 67.9 Å². The molecular formula is C51H50F5N3O18. The number of carbonyl (C=O) groups is 2. The fraction of sp³-hybridized carbons (Fsp3) is 0.255. The van der Waals surface area contributed by atoms with E-state index >= 15 is 0 Å². The average molecular weight is 1090 g/mol. The maximum Gasteiger partial charge on any atom is 0.352 e. The first kappa shape index (κ1) is 58.6. The number of phenols is 2. The van der Waals surface area contributed by atoms with Gasteiger partial charge in [-0.2, -0.15) is 8.78 Å². The van der Waals surface area contributed by atoms with Crippen molar-refractivity contribution in [2.75, 3.05) is 83.3 Å². The molecular weight excluding hydrogens is 1040 g/mol. The van der Waals surface area contributed by atoms with E-state index in [1.165, 1.54) is 86.6 Å². The predicted octanol–water partition coefficient (Wildman–Crippen LogP) is 7.69. The van der Waals surface area contributed by atoms with E-state index in [1.54, 1.807) is 36.4 Å². The van der Waals surface area contributed by atoms with Gasteiger partial charge in [0.2, 0.25) is 64.4 Å². The second-order valence-corrected chi connectivity index (χ2v) is 15.1. The summed E-state index contributed by atoms with van der Waals surface area (Å²) in [5.41, 5.74) is 4.85. The fourth-order valence-electron chi connectivity index (χ4n) is 7.30. The predicted molar refractivity (Wildman–Crippen MR) is 262 cm³/mol. The Bertz CT molecular complexity index is 3120. The van der Waals surface area contributed by atoms with Crippen LogP contribution in [-0.4, -0.2) is 122 Å². The highest BCUT2D eigenvalue weighted by atomic mass is 19.2. The van der Waals surface area contributed by atoms with Gasteiger partial charge in [-0.25, -0.2) is 23.4 Å². The van der Waals surface area contributed by atoms with Gasteiger partial charge in [0, 0.05) is 11.1 Å². The maximum absolute atomic E-state index is 13.9. The van der Waals surface area contributed by atoms with Crippen LogP contribution in [0.4, 0.5) is 22.0 Å². The summed E-state index contributed by atoms with van der Waals surface area (Å²) in [4.78, 5) is 33.3. The molecule has 0 fully saturated rings. The molecule has 0 saturated carbocycles. The molecule has 2 heterocycles. The largest absolute Gasteiger partial charge is 0.504 e. The van der Waals surface area contributed by atoms with Crippen molar-refractivity contribution in [2.45, 2.75) is 7.43 Å². The lowest BCUT2D eigenvalue weighted by Gasteiger charge is -2.19. The van der Waals surface area contributed by atoms with Crippen LogP contribution in [0.2, 0.25) is 0 Å². The Labute approximate surface area is 435 Å². The molecule has 21 nitrogen and oxygen atoms in total. The second-order valence-electron chi connectivity index (χ2n) is 15.1. The number of phenolic OH excluding ortho intramolecular Hbond substituents is 2. The molecule has 0 aliphatic carbocycles. The number of amides is 1. The van der Waals surface area contributed by atoms with Crippen LogP contribution in [-0.2, 0) is 19.3 Å². The van der Waals surface area contributed by atoms with Crippen molar-refractivity contribution in [3.8, 4) is 74.7 Å². The van der Waals surface area contributed by atoms with Crippen LogP contribution < -0.4 is 57.6 Å². The Balaban J connectivity index is 0.000000290. The standard InChI is InChI=1S/C28H22F5NO9.C22H24N2O9.CH4/c1-37-17-6-5-12(7-16(17)35)14-8-13(10-41-25-15(14)9-18(38-2)26(39-3)28(25)40-4)34-42-11-19(36)43-27-23(32)21(30)20(29)22(31)24(27)33;1-28-17-6-5-12(7-16(17)25)14-8-13(24-33-11-19(26)23-27)10-32-20-15(14)9-18(29-2)21(30-3)22(20)31-4;/h5-9,35H,10-11H2,1-4H3;5-9,25,27H,10-11H2,1-4H3,(H,23,26);1H4. The highest BCUT2D eigenvalue weighted by Gasteiger charge is 2.31. The van der Waals surface area contributed by atoms with E-state index in [9.17, 15) is 41.8 Å². The van der Waals surface area contributed by atoms with Crippen molar-refractivity contribution in [2.24, 2.45) is 10.3 Å². The molecule has 4 N–H and O–H groups in total. The van der Waals surface area contributed by atoms with E-state index in [4.69, 9.17) is 62.3 Å². The van der Waals surface area contributed by atoms with Crippen LogP contribution in [0.3, 0.4) is 0 Å². The van der Waals surface area contributed by atoms with Crippen LogP contribution in [0.1, 0.15) is 29.7 Å². The Morgan fingerprint density at radius 3 is 1.29 bits per heavy atom. The molecule has 7 rings (SSSR count). The van der Waals surface area contributed by atoms with Gasteiger partial charge in [0.05, 0.1) is 56.9 Å². The average Bonchev–Trinajstić information content (AvgIpc) is 3.75. The third kappa shape index (κ3) is 12.6. The third-order valence-corrected chi connectivity index (χ3v) is 10.7. The number of hydrogen-bond donors (Lipinski definition) is 4. The zero-order valence-electron chi connectivity index (χ0n) is 41.4. The van der Waals surface area contributed by atoms with Crippen molar-refractivity contribution in [1.29, 1.82) is 0 Å².